The van der Waals surface area contributed by atoms with Crippen molar-refractivity contribution in [3.63, 3.8) is 0 Å². The van der Waals surface area contributed by atoms with Crippen LogP contribution in [-0.4, -0.2) is 37.9 Å². The fourth-order valence-electron chi connectivity index (χ4n) is 1.32. The summed E-state index contributed by atoms with van der Waals surface area (Å²) in [6.07, 6.45) is 0.968. The number of rotatable bonds is 3. The van der Waals surface area contributed by atoms with Gasteiger partial charge >= 0.3 is 5.97 Å². The van der Waals surface area contributed by atoms with E-state index in [1.165, 1.54) is 0 Å². The van der Waals surface area contributed by atoms with Crippen LogP contribution in [0.2, 0.25) is 0 Å². The first-order valence-electron chi connectivity index (χ1n) is 4.78. The van der Waals surface area contributed by atoms with Gasteiger partial charge in [-0.25, -0.2) is 0 Å². The maximum absolute atomic E-state index is 11.3. The zero-order chi connectivity index (χ0) is 9.68. The van der Waals surface area contributed by atoms with Crippen LogP contribution in [0.3, 0.4) is 0 Å². The molecule has 4 heteroatoms. The molecule has 1 aliphatic heterocycles. The predicted octanol–water partition coefficient (Wildman–Crippen LogP) is 0.316. The summed E-state index contributed by atoms with van der Waals surface area (Å²) in [5.74, 6) is -0.208. The Hall–Kier alpha value is -0.610. The van der Waals surface area contributed by atoms with E-state index in [1.807, 2.05) is 0 Å². The summed E-state index contributed by atoms with van der Waals surface area (Å²) in [6.45, 7) is 5.41. The van der Waals surface area contributed by atoms with Crippen LogP contribution in [0, 0.1) is 0 Å². The largest absolute Gasteiger partial charge is 0.465 e. The first-order valence-corrected chi connectivity index (χ1v) is 4.78. The minimum absolute atomic E-state index is 0.208. The summed E-state index contributed by atoms with van der Waals surface area (Å²) in [5.41, 5.74) is 0. The van der Waals surface area contributed by atoms with Crippen LogP contribution in [-0.2, 0) is 14.3 Å². The van der Waals surface area contributed by atoms with Gasteiger partial charge in [0.15, 0.2) is 0 Å². The molecule has 0 unspecified atom stereocenters. The zero-order valence-electron chi connectivity index (χ0n) is 8.21. The van der Waals surface area contributed by atoms with Crippen LogP contribution in [0.15, 0.2) is 0 Å². The molecule has 0 saturated carbocycles. The number of nitrogens with one attached hydrogen (secondary N) is 1. The molecule has 1 heterocycles. The van der Waals surface area contributed by atoms with Crippen molar-refractivity contribution in [2.75, 3.05) is 19.8 Å². The molecule has 1 saturated heterocycles. The molecular formula is C9H17NO3. The van der Waals surface area contributed by atoms with E-state index in [1.54, 1.807) is 6.92 Å². The number of morpholine rings is 1. The third-order valence-electron chi connectivity index (χ3n) is 2.10. The minimum Gasteiger partial charge on any atom is -0.465 e. The number of hydrogen-bond acceptors (Lipinski definition) is 4. The Balaban J connectivity index is 2.37. The molecule has 0 aromatic carbocycles. The van der Waals surface area contributed by atoms with Crippen LogP contribution in [0.4, 0.5) is 0 Å². The van der Waals surface area contributed by atoms with Crippen molar-refractivity contribution in [2.24, 2.45) is 0 Å². The van der Waals surface area contributed by atoms with E-state index in [-0.39, 0.29) is 18.1 Å². The Kier molecular flexibility index (Phi) is 4.18. The molecule has 1 rings (SSSR count). The smallest absolute Gasteiger partial charge is 0.325 e. The molecule has 4 nitrogen and oxygen atoms in total. The van der Waals surface area contributed by atoms with Crippen molar-refractivity contribution >= 4 is 5.97 Å². The quantitative estimate of drug-likeness (QED) is 0.646. The number of hydrogen-bond donors (Lipinski definition) is 1. The molecule has 76 valence electrons. The van der Waals surface area contributed by atoms with E-state index in [9.17, 15) is 4.79 Å². The van der Waals surface area contributed by atoms with E-state index in [0.29, 0.717) is 19.8 Å². The average Bonchev–Trinajstić information content (AvgIpc) is 2.18. The topological polar surface area (TPSA) is 47.6 Å². The molecule has 0 radical (unpaired) electrons. The number of esters is 1. The Morgan fingerprint density at radius 1 is 1.54 bits per heavy atom. The first kappa shape index (κ1) is 10.5. The molecule has 0 spiro atoms. The summed E-state index contributed by atoms with van der Waals surface area (Å²) >= 11 is 0. The summed E-state index contributed by atoms with van der Waals surface area (Å²) in [5, 5.41) is 3.19. The minimum atomic E-state index is -0.279. The second-order valence-corrected chi connectivity index (χ2v) is 3.11. The van der Waals surface area contributed by atoms with Crippen molar-refractivity contribution < 1.29 is 14.3 Å². The predicted molar refractivity (Wildman–Crippen MR) is 48.5 cm³/mol. The van der Waals surface area contributed by atoms with Crippen molar-refractivity contribution in [2.45, 2.75) is 32.4 Å². The molecule has 2 atom stereocenters. The Labute approximate surface area is 78.6 Å². The van der Waals surface area contributed by atoms with E-state index in [4.69, 9.17) is 9.47 Å². The van der Waals surface area contributed by atoms with Crippen LogP contribution >= 0.6 is 0 Å². The highest BCUT2D eigenvalue weighted by molar-refractivity contribution is 5.76. The molecule has 1 N–H and O–H groups in total. The Morgan fingerprint density at radius 3 is 2.92 bits per heavy atom. The zero-order valence-corrected chi connectivity index (χ0v) is 8.21. The third-order valence-corrected chi connectivity index (χ3v) is 2.10. The van der Waals surface area contributed by atoms with Crippen molar-refractivity contribution in [3.05, 3.63) is 0 Å². The summed E-state index contributed by atoms with van der Waals surface area (Å²) < 4.78 is 10.2. The molecular weight excluding hydrogens is 170 g/mol. The SMILES string of the molecule is CCOC(=O)[C@H]1COC[C@@H](CC)N1. The lowest BCUT2D eigenvalue weighted by Crippen LogP contribution is -2.52. The molecule has 0 aromatic heterocycles. The maximum Gasteiger partial charge on any atom is 0.325 e. The second-order valence-electron chi connectivity index (χ2n) is 3.11. The standard InChI is InChI=1S/C9H17NO3/c1-3-7-5-12-6-8(10-7)9(11)13-4-2/h7-8,10H,3-6H2,1-2H3/t7-,8-/m1/s1. The molecule has 1 fully saturated rings. The molecule has 0 bridgehead atoms. The fourth-order valence-corrected chi connectivity index (χ4v) is 1.32. The van der Waals surface area contributed by atoms with Gasteiger partial charge in [-0.15, -0.1) is 0 Å². The molecule has 0 amide bonds. The van der Waals surface area contributed by atoms with Gasteiger partial charge in [0.05, 0.1) is 19.8 Å². The third kappa shape index (κ3) is 2.97. The van der Waals surface area contributed by atoms with E-state index in [2.05, 4.69) is 12.2 Å². The molecule has 13 heavy (non-hydrogen) atoms. The highest BCUT2D eigenvalue weighted by Crippen LogP contribution is 2.04. The van der Waals surface area contributed by atoms with Gasteiger partial charge in [-0.1, -0.05) is 6.92 Å². The number of ether oxygens (including phenoxy) is 2. The van der Waals surface area contributed by atoms with E-state index < -0.39 is 0 Å². The van der Waals surface area contributed by atoms with Gasteiger partial charge in [-0.2, -0.15) is 0 Å². The van der Waals surface area contributed by atoms with Gasteiger partial charge in [0.2, 0.25) is 0 Å². The van der Waals surface area contributed by atoms with Gasteiger partial charge in [0.25, 0.3) is 0 Å². The van der Waals surface area contributed by atoms with E-state index >= 15 is 0 Å². The second kappa shape index (κ2) is 5.19. The van der Waals surface area contributed by atoms with Crippen LogP contribution in [0.5, 0.6) is 0 Å². The molecule has 0 aliphatic carbocycles. The lowest BCUT2D eigenvalue weighted by Gasteiger charge is -2.28. The van der Waals surface area contributed by atoms with Crippen LogP contribution in [0.1, 0.15) is 20.3 Å². The van der Waals surface area contributed by atoms with Gasteiger partial charge in [-0.05, 0) is 13.3 Å². The highest BCUT2D eigenvalue weighted by Gasteiger charge is 2.26. The highest BCUT2D eigenvalue weighted by atomic mass is 16.5. The normalized spacial score (nSPS) is 28.5. The van der Waals surface area contributed by atoms with Gasteiger partial charge in [-0.3, -0.25) is 10.1 Å². The first-order chi connectivity index (χ1) is 6.27. The van der Waals surface area contributed by atoms with Gasteiger partial charge in [0, 0.05) is 6.04 Å². The lowest BCUT2D eigenvalue weighted by atomic mass is 10.1. The Bertz CT molecular complexity index is 172. The summed E-state index contributed by atoms with van der Waals surface area (Å²) in [6, 6.07) is 0.00167. The summed E-state index contributed by atoms with van der Waals surface area (Å²) in [7, 11) is 0. The number of carbonyl (C=O) groups excluding carboxylic acids is 1. The van der Waals surface area contributed by atoms with Crippen LogP contribution in [0.25, 0.3) is 0 Å². The Morgan fingerprint density at radius 2 is 2.31 bits per heavy atom. The van der Waals surface area contributed by atoms with Gasteiger partial charge in [0.1, 0.15) is 6.04 Å². The van der Waals surface area contributed by atoms with Gasteiger partial charge < -0.3 is 9.47 Å². The molecule has 1 aliphatic rings. The maximum atomic E-state index is 11.3. The number of carbonyl (C=O) groups is 1. The van der Waals surface area contributed by atoms with Crippen molar-refractivity contribution in [1.82, 2.24) is 5.32 Å². The van der Waals surface area contributed by atoms with Crippen molar-refractivity contribution in [1.29, 1.82) is 0 Å². The molecule has 0 aromatic rings. The lowest BCUT2D eigenvalue weighted by molar-refractivity contribution is -0.149. The van der Waals surface area contributed by atoms with Crippen molar-refractivity contribution in [3.8, 4) is 0 Å². The average molecular weight is 187 g/mol. The monoisotopic (exact) mass is 187 g/mol. The van der Waals surface area contributed by atoms with E-state index in [0.717, 1.165) is 6.42 Å². The van der Waals surface area contributed by atoms with Crippen LogP contribution < -0.4 is 5.32 Å². The summed E-state index contributed by atoms with van der Waals surface area (Å²) in [4.78, 5) is 11.3. The fraction of sp³-hybridized carbons (Fsp3) is 0.889.